The topological polar surface area (TPSA) is 86.9 Å². The summed E-state index contributed by atoms with van der Waals surface area (Å²) in [6, 6.07) is 8.98. The molecule has 2 aromatic heterocycles. The van der Waals surface area contributed by atoms with Crippen molar-refractivity contribution in [1.29, 1.82) is 0 Å². The molecule has 146 valence electrons. The van der Waals surface area contributed by atoms with Gasteiger partial charge in [-0.15, -0.1) is 0 Å². The first-order chi connectivity index (χ1) is 13.3. The Labute approximate surface area is 166 Å². The van der Waals surface area contributed by atoms with Gasteiger partial charge in [-0.25, -0.2) is 14.8 Å². The van der Waals surface area contributed by atoms with E-state index in [0.717, 1.165) is 4.57 Å². The van der Waals surface area contributed by atoms with Gasteiger partial charge in [-0.1, -0.05) is 55.9 Å². The van der Waals surface area contributed by atoms with E-state index in [9.17, 15) is 14.4 Å². The molecule has 7 nitrogen and oxygen atoms in total. The first kappa shape index (κ1) is 20.0. The molecule has 0 N–H and O–H groups in total. The predicted molar refractivity (Wildman–Crippen MR) is 110 cm³/mol. The van der Waals surface area contributed by atoms with Crippen LogP contribution in [0.25, 0.3) is 11.0 Å². The molecule has 0 unspecified atom stereocenters. The summed E-state index contributed by atoms with van der Waals surface area (Å²) < 4.78 is 2.59. The zero-order chi connectivity index (χ0) is 20.4. The Hall–Kier alpha value is -2.74. The second kappa shape index (κ2) is 8.10. The van der Waals surface area contributed by atoms with Gasteiger partial charge in [-0.05, 0) is 12.8 Å². The van der Waals surface area contributed by atoms with Gasteiger partial charge in [0.05, 0.1) is 5.75 Å². The number of hydrogen-bond acceptors (Lipinski definition) is 6. The fraction of sp³-hybridized carbons (Fsp3) is 0.350. The fourth-order valence-electron chi connectivity index (χ4n) is 2.92. The number of aryl methyl sites for hydroxylation is 1. The Morgan fingerprint density at radius 1 is 1.14 bits per heavy atom. The normalized spacial score (nSPS) is 11.3. The molecule has 3 rings (SSSR count). The summed E-state index contributed by atoms with van der Waals surface area (Å²) in [6.45, 7) is 6.13. The third kappa shape index (κ3) is 3.91. The highest BCUT2D eigenvalue weighted by Crippen LogP contribution is 2.23. The minimum atomic E-state index is -0.449. The van der Waals surface area contributed by atoms with Gasteiger partial charge in [-0.3, -0.25) is 18.7 Å². The third-order valence-corrected chi connectivity index (χ3v) is 5.22. The lowest BCUT2D eigenvalue weighted by Crippen LogP contribution is -2.39. The molecule has 0 aliphatic heterocycles. The Bertz CT molecular complexity index is 1150. The molecule has 0 spiro atoms. The van der Waals surface area contributed by atoms with Gasteiger partial charge in [0.2, 0.25) is 0 Å². The van der Waals surface area contributed by atoms with Crippen molar-refractivity contribution >= 4 is 28.6 Å². The van der Waals surface area contributed by atoms with Crippen LogP contribution in [0.5, 0.6) is 0 Å². The molecule has 3 aromatic rings. The van der Waals surface area contributed by atoms with Crippen molar-refractivity contribution in [2.75, 3.05) is 5.75 Å². The van der Waals surface area contributed by atoms with Crippen LogP contribution < -0.4 is 11.2 Å². The van der Waals surface area contributed by atoms with Gasteiger partial charge in [0.25, 0.3) is 5.56 Å². The van der Waals surface area contributed by atoms with E-state index in [1.165, 1.54) is 23.4 Å². The summed E-state index contributed by atoms with van der Waals surface area (Å²) in [5.41, 5.74) is 0.0777. The number of benzene rings is 1. The summed E-state index contributed by atoms with van der Waals surface area (Å²) >= 11 is 1.19. The van der Waals surface area contributed by atoms with Crippen LogP contribution in [0.4, 0.5) is 0 Å². The van der Waals surface area contributed by atoms with E-state index in [-0.39, 0.29) is 22.8 Å². The number of ketones is 1. The average Bonchev–Trinajstić information content (AvgIpc) is 2.67. The molecule has 0 aliphatic carbocycles. The maximum Gasteiger partial charge on any atom is 0.332 e. The molecular formula is C20H22N4O3S. The van der Waals surface area contributed by atoms with Gasteiger partial charge < -0.3 is 0 Å². The number of nitrogens with zero attached hydrogens (tertiary/aromatic N) is 4. The SMILES string of the molecule is Cc1nc(SCC(=O)c2ccccc2)c2c(=O)n(C)c(=O)n(CC(C)C)c2n1. The van der Waals surface area contributed by atoms with Gasteiger partial charge in [-0.2, -0.15) is 0 Å². The quantitative estimate of drug-likeness (QED) is 0.360. The largest absolute Gasteiger partial charge is 0.332 e. The van der Waals surface area contributed by atoms with Crippen LogP contribution in [0.3, 0.4) is 0 Å². The Morgan fingerprint density at radius 3 is 2.46 bits per heavy atom. The summed E-state index contributed by atoms with van der Waals surface area (Å²) in [7, 11) is 1.45. The van der Waals surface area contributed by atoms with Crippen molar-refractivity contribution in [2.45, 2.75) is 32.3 Å². The van der Waals surface area contributed by atoms with E-state index >= 15 is 0 Å². The molecule has 2 heterocycles. The van der Waals surface area contributed by atoms with Crippen LogP contribution in [-0.2, 0) is 13.6 Å². The molecule has 0 radical (unpaired) electrons. The first-order valence-electron chi connectivity index (χ1n) is 8.98. The molecule has 0 fully saturated rings. The van der Waals surface area contributed by atoms with E-state index in [4.69, 9.17) is 0 Å². The lowest BCUT2D eigenvalue weighted by Gasteiger charge is -2.15. The number of aromatic nitrogens is 4. The number of carbonyl (C=O) groups is 1. The van der Waals surface area contributed by atoms with Crippen LogP contribution in [0, 0.1) is 12.8 Å². The molecule has 28 heavy (non-hydrogen) atoms. The van der Waals surface area contributed by atoms with E-state index in [0.29, 0.717) is 28.6 Å². The van der Waals surface area contributed by atoms with Crippen LogP contribution in [0.2, 0.25) is 0 Å². The van der Waals surface area contributed by atoms with Crippen molar-refractivity contribution in [3.05, 3.63) is 62.6 Å². The lowest BCUT2D eigenvalue weighted by molar-refractivity contribution is 0.102. The summed E-state index contributed by atoms with van der Waals surface area (Å²) in [5, 5.41) is 0.698. The first-order valence-corrected chi connectivity index (χ1v) is 9.97. The molecule has 0 bridgehead atoms. The average molecular weight is 398 g/mol. The molecular weight excluding hydrogens is 376 g/mol. The molecule has 0 saturated heterocycles. The standard InChI is InChI=1S/C20H22N4O3S/c1-12(2)10-24-17-16(19(26)23(4)20(24)27)18(22-13(3)21-17)28-11-15(25)14-8-6-5-7-9-14/h5-9,12H,10-11H2,1-4H3. The zero-order valence-corrected chi connectivity index (χ0v) is 17.1. The number of thioether (sulfide) groups is 1. The zero-order valence-electron chi connectivity index (χ0n) is 16.3. The summed E-state index contributed by atoms with van der Waals surface area (Å²) in [5.74, 6) is 0.737. The van der Waals surface area contributed by atoms with E-state index in [1.807, 2.05) is 32.0 Å². The number of fused-ring (bicyclic) bond motifs is 1. The molecule has 0 saturated carbocycles. The van der Waals surface area contributed by atoms with Gasteiger partial charge in [0.1, 0.15) is 16.2 Å². The van der Waals surface area contributed by atoms with Crippen LogP contribution in [-0.4, -0.2) is 30.6 Å². The Balaban J connectivity index is 2.10. The molecule has 8 heteroatoms. The fourth-order valence-corrected chi connectivity index (χ4v) is 3.87. The summed E-state index contributed by atoms with van der Waals surface area (Å²) in [6.07, 6.45) is 0. The maximum atomic E-state index is 12.8. The summed E-state index contributed by atoms with van der Waals surface area (Å²) in [4.78, 5) is 46.6. The molecule has 1 aromatic carbocycles. The minimum Gasteiger partial charge on any atom is -0.293 e. The maximum absolute atomic E-state index is 12.8. The smallest absolute Gasteiger partial charge is 0.293 e. The molecule has 0 atom stereocenters. The lowest BCUT2D eigenvalue weighted by atomic mass is 10.2. The van der Waals surface area contributed by atoms with Crippen molar-refractivity contribution in [1.82, 2.24) is 19.1 Å². The van der Waals surface area contributed by atoms with Crippen molar-refractivity contribution in [3.8, 4) is 0 Å². The molecule has 0 amide bonds. The van der Waals surface area contributed by atoms with Crippen molar-refractivity contribution in [2.24, 2.45) is 13.0 Å². The van der Waals surface area contributed by atoms with Crippen molar-refractivity contribution in [3.63, 3.8) is 0 Å². The highest BCUT2D eigenvalue weighted by molar-refractivity contribution is 8.00. The minimum absolute atomic E-state index is 0.0534. The van der Waals surface area contributed by atoms with Crippen LogP contribution in [0.1, 0.15) is 30.0 Å². The predicted octanol–water partition coefficient (Wildman–Crippen LogP) is 2.43. The highest BCUT2D eigenvalue weighted by Gasteiger charge is 2.19. The van der Waals surface area contributed by atoms with E-state index in [2.05, 4.69) is 9.97 Å². The number of Topliss-reactive ketones (excluding diaryl/α,β-unsaturated/α-hetero) is 1. The Morgan fingerprint density at radius 2 is 1.82 bits per heavy atom. The monoisotopic (exact) mass is 398 g/mol. The third-order valence-electron chi connectivity index (χ3n) is 4.24. The second-order valence-corrected chi connectivity index (χ2v) is 7.97. The van der Waals surface area contributed by atoms with Gasteiger partial charge in [0.15, 0.2) is 11.4 Å². The second-order valence-electron chi connectivity index (χ2n) is 7.00. The Kier molecular flexibility index (Phi) is 5.79. The van der Waals surface area contributed by atoms with Crippen LogP contribution in [0.15, 0.2) is 44.9 Å². The number of carbonyl (C=O) groups excluding carboxylic acids is 1. The number of rotatable bonds is 6. The van der Waals surface area contributed by atoms with Crippen LogP contribution >= 0.6 is 11.8 Å². The number of hydrogen-bond donors (Lipinski definition) is 0. The molecule has 0 aliphatic rings. The van der Waals surface area contributed by atoms with Crippen molar-refractivity contribution < 1.29 is 4.79 Å². The van der Waals surface area contributed by atoms with E-state index in [1.54, 1.807) is 19.1 Å². The highest BCUT2D eigenvalue weighted by atomic mass is 32.2. The van der Waals surface area contributed by atoms with E-state index < -0.39 is 11.2 Å². The van der Waals surface area contributed by atoms with Gasteiger partial charge in [0, 0.05) is 19.2 Å². The van der Waals surface area contributed by atoms with Gasteiger partial charge >= 0.3 is 5.69 Å².